The van der Waals surface area contributed by atoms with Crippen LogP contribution < -0.4 is 10.5 Å². The fourth-order valence-corrected chi connectivity index (χ4v) is 1.51. The summed E-state index contributed by atoms with van der Waals surface area (Å²) in [6.07, 6.45) is 0. The van der Waals surface area contributed by atoms with Gasteiger partial charge in [-0.05, 0) is 27.6 Å². The Balaban J connectivity index is 2.85. The molecule has 0 saturated heterocycles. The summed E-state index contributed by atoms with van der Waals surface area (Å²) in [6.45, 7) is 4.25. The third-order valence-corrected chi connectivity index (χ3v) is 2.66. The number of benzene rings is 1. The summed E-state index contributed by atoms with van der Waals surface area (Å²) in [5, 5.41) is 10.7. The van der Waals surface area contributed by atoms with E-state index in [2.05, 4.69) is 22.5 Å². The average Bonchev–Trinajstić information content (AvgIpc) is 2.26. The topological polar surface area (TPSA) is 78.4 Å². The first-order valence-corrected chi connectivity index (χ1v) is 5.28. The number of nitrogens with zero attached hydrogens (tertiary/aromatic N) is 1. The molecule has 6 heteroatoms. The van der Waals surface area contributed by atoms with Gasteiger partial charge in [0.15, 0.2) is 0 Å². The van der Waals surface area contributed by atoms with E-state index < -0.39 is 4.92 Å². The number of halogens is 1. The van der Waals surface area contributed by atoms with Crippen molar-refractivity contribution in [1.82, 2.24) is 0 Å². The molecule has 0 heterocycles. The normalized spacial score (nSPS) is 9.88. The van der Waals surface area contributed by atoms with Crippen LogP contribution in [0.5, 0.6) is 5.75 Å². The second-order valence-corrected chi connectivity index (χ2v) is 3.88. The van der Waals surface area contributed by atoms with Crippen LogP contribution in [0.3, 0.4) is 0 Å². The second-order valence-electron chi connectivity index (χ2n) is 3.09. The number of nitrogens with two attached hydrogens (primary N) is 1. The molecule has 0 aliphatic heterocycles. The van der Waals surface area contributed by atoms with E-state index in [0.717, 1.165) is 5.57 Å². The summed E-state index contributed by atoms with van der Waals surface area (Å²) in [6, 6.07) is 4.60. The molecule has 0 aromatic heterocycles. The molecule has 0 unspecified atom stereocenters. The zero-order valence-electron chi connectivity index (χ0n) is 8.48. The van der Waals surface area contributed by atoms with E-state index in [0.29, 0.717) is 16.8 Å². The summed E-state index contributed by atoms with van der Waals surface area (Å²) >= 11 is 3.13. The number of ether oxygens (including phenoxy) is 1. The monoisotopic (exact) mass is 286 g/mol. The Kier molecular flexibility index (Phi) is 4.45. The minimum atomic E-state index is -0.477. The Bertz CT molecular complexity index is 421. The molecule has 16 heavy (non-hydrogen) atoms. The summed E-state index contributed by atoms with van der Waals surface area (Å²) in [7, 11) is 0. The van der Waals surface area contributed by atoms with Crippen molar-refractivity contribution in [1.29, 1.82) is 0 Å². The molecule has 0 fully saturated rings. The highest BCUT2D eigenvalue weighted by molar-refractivity contribution is 9.10. The molecule has 0 atom stereocenters. The van der Waals surface area contributed by atoms with Gasteiger partial charge in [-0.15, -0.1) is 0 Å². The molecular weight excluding hydrogens is 276 g/mol. The van der Waals surface area contributed by atoms with E-state index in [1.807, 2.05) is 0 Å². The fraction of sp³-hybridized carbons (Fsp3) is 0.200. The maximum Gasteiger partial charge on any atom is 0.287 e. The maximum atomic E-state index is 10.7. The van der Waals surface area contributed by atoms with Crippen molar-refractivity contribution in [2.45, 2.75) is 0 Å². The van der Waals surface area contributed by atoms with Crippen LogP contribution in [0.4, 0.5) is 5.69 Å². The van der Waals surface area contributed by atoms with Gasteiger partial charge in [0, 0.05) is 12.6 Å². The molecule has 0 amide bonds. The quantitative estimate of drug-likeness (QED) is 0.512. The molecule has 1 aromatic carbocycles. The predicted octanol–water partition coefficient (Wildman–Crippen LogP) is 2.25. The van der Waals surface area contributed by atoms with Crippen molar-refractivity contribution in [3.8, 4) is 5.75 Å². The van der Waals surface area contributed by atoms with E-state index in [9.17, 15) is 10.1 Å². The van der Waals surface area contributed by atoms with E-state index in [-0.39, 0.29) is 12.3 Å². The van der Waals surface area contributed by atoms with Gasteiger partial charge in [-0.1, -0.05) is 12.6 Å². The molecule has 5 nitrogen and oxygen atoms in total. The van der Waals surface area contributed by atoms with Gasteiger partial charge in [0.1, 0.15) is 16.8 Å². The lowest BCUT2D eigenvalue weighted by atomic mass is 10.3. The Hall–Kier alpha value is -1.40. The lowest BCUT2D eigenvalue weighted by molar-refractivity contribution is -0.385. The molecular formula is C10H11BrN2O3. The average molecular weight is 287 g/mol. The van der Waals surface area contributed by atoms with Crippen molar-refractivity contribution in [2.24, 2.45) is 5.73 Å². The molecule has 0 spiro atoms. The van der Waals surface area contributed by atoms with Crippen LogP contribution >= 0.6 is 15.9 Å². The molecule has 1 aromatic rings. The number of nitro groups is 1. The predicted molar refractivity (Wildman–Crippen MR) is 64.5 cm³/mol. The van der Waals surface area contributed by atoms with Crippen LogP contribution in [0.15, 0.2) is 34.8 Å². The lowest BCUT2D eigenvalue weighted by Gasteiger charge is -2.08. The minimum Gasteiger partial charge on any atom is -0.488 e. The number of nitro benzene ring substituents is 1. The smallest absolute Gasteiger partial charge is 0.287 e. The van der Waals surface area contributed by atoms with Crippen molar-refractivity contribution < 1.29 is 9.66 Å². The number of hydrogen-bond acceptors (Lipinski definition) is 4. The van der Waals surface area contributed by atoms with E-state index in [1.54, 1.807) is 12.1 Å². The van der Waals surface area contributed by atoms with E-state index in [4.69, 9.17) is 10.5 Å². The van der Waals surface area contributed by atoms with Crippen molar-refractivity contribution >= 4 is 21.6 Å². The number of rotatable bonds is 5. The third kappa shape index (κ3) is 3.04. The molecule has 0 bridgehead atoms. The molecule has 0 radical (unpaired) electrons. The first-order chi connectivity index (χ1) is 7.56. The van der Waals surface area contributed by atoms with Gasteiger partial charge in [-0.3, -0.25) is 10.1 Å². The minimum absolute atomic E-state index is 0.0316. The highest BCUT2D eigenvalue weighted by atomic mass is 79.9. The van der Waals surface area contributed by atoms with Crippen LogP contribution in [0, 0.1) is 10.1 Å². The SMILES string of the molecule is C=C(CN)COc1cccc([N+](=O)[O-])c1Br. The van der Waals surface area contributed by atoms with Gasteiger partial charge < -0.3 is 10.5 Å². The summed E-state index contributed by atoms with van der Waals surface area (Å²) in [5.74, 6) is 0.406. The van der Waals surface area contributed by atoms with Crippen LogP contribution in [0.1, 0.15) is 0 Å². The fourth-order valence-electron chi connectivity index (χ4n) is 0.990. The standard InChI is InChI=1S/C10H11BrN2O3/c1-7(5-12)6-16-9-4-2-3-8(10(9)11)13(14)15/h2-4H,1,5-6,12H2. The second kappa shape index (κ2) is 5.62. The Morgan fingerprint density at radius 1 is 1.62 bits per heavy atom. The maximum absolute atomic E-state index is 10.7. The summed E-state index contributed by atoms with van der Waals surface area (Å²) in [5.41, 5.74) is 6.04. The van der Waals surface area contributed by atoms with Gasteiger partial charge in [0.25, 0.3) is 5.69 Å². The Morgan fingerprint density at radius 3 is 2.88 bits per heavy atom. The van der Waals surface area contributed by atoms with Gasteiger partial charge >= 0.3 is 0 Å². The number of hydrogen-bond donors (Lipinski definition) is 1. The first-order valence-electron chi connectivity index (χ1n) is 4.48. The van der Waals surface area contributed by atoms with Crippen LogP contribution in [0.2, 0.25) is 0 Å². The van der Waals surface area contributed by atoms with Crippen LogP contribution in [-0.4, -0.2) is 18.1 Å². The molecule has 86 valence electrons. The lowest BCUT2D eigenvalue weighted by Crippen LogP contribution is -2.10. The van der Waals surface area contributed by atoms with Gasteiger partial charge in [0.05, 0.1) is 4.92 Å². The molecule has 0 aliphatic rings. The van der Waals surface area contributed by atoms with E-state index >= 15 is 0 Å². The van der Waals surface area contributed by atoms with Gasteiger partial charge in [-0.2, -0.15) is 0 Å². The van der Waals surface area contributed by atoms with Crippen LogP contribution in [-0.2, 0) is 0 Å². The third-order valence-electron chi connectivity index (χ3n) is 1.86. The summed E-state index contributed by atoms with van der Waals surface area (Å²) in [4.78, 5) is 10.2. The molecule has 0 saturated carbocycles. The largest absolute Gasteiger partial charge is 0.488 e. The van der Waals surface area contributed by atoms with Gasteiger partial charge in [0.2, 0.25) is 0 Å². The zero-order chi connectivity index (χ0) is 12.1. The van der Waals surface area contributed by atoms with Crippen molar-refractivity contribution in [3.63, 3.8) is 0 Å². The highest BCUT2D eigenvalue weighted by Gasteiger charge is 2.15. The molecule has 1 rings (SSSR count). The molecule has 0 aliphatic carbocycles. The zero-order valence-corrected chi connectivity index (χ0v) is 10.1. The Labute approximate surface area is 101 Å². The van der Waals surface area contributed by atoms with Gasteiger partial charge in [-0.25, -0.2) is 0 Å². The first kappa shape index (κ1) is 12.7. The molecule has 2 N–H and O–H groups in total. The van der Waals surface area contributed by atoms with Crippen molar-refractivity contribution in [2.75, 3.05) is 13.2 Å². The van der Waals surface area contributed by atoms with Crippen molar-refractivity contribution in [3.05, 3.63) is 44.9 Å². The summed E-state index contributed by atoms with van der Waals surface area (Å²) < 4.78 is 5.67. The van der Waals surface area contributed by atoms with Crippen LogP contribution in [0.25, 0.3) is 0 Å². The Morgan fingerprint density at radius 2 is 2.31 bits per heavy atom. The highest BCUT2D eigenvalue weighted by Crippen LogP contribution is 2.33. The van der Waals surface area contributed by atoms with E-state index in [1.165, 1.54) is 6.07 Å².